The van der Waals surface area contributed by atoms with Gasteiger partial charge in [-0.15, -0.1) is 0 Å². The Labute approximate surface area is 204 Å². The van der Waals surface area contributed by atoms with Gasteiger partial charge in [-0.25, -0.2) is 0 Å². The number of carbonyl (C=O) groups excluding carboxylic acids is 2. The summed E-state index contributed by atoms with van der Waals surface area (Å²) in [4.78, 5) is 28.2. The summed E-state index contributed by atoms with van der Waals surface area (Å²) in [5, 5.41) is 12.7. The van der Waals surface area contributed by atoms with E-state index in [0.29, 0.717) is 22.8 Å². The third-order valence-electron chi connectivity index (χ3n) is 5.77. The first-order valence-corrected chi connectivity index (χ1v) is 11.9. The monoisotopic (exact) mass is 467 g/mol. The first-order chi connectivity index (χ1) is 16.4. The van der Waals surface area contributed by atoms with E-state index in [1.54, 1.807) is 12.1 Å². The molecule has 0 saturated carbocycles. The molecule has 1 aliphatic heterocycles. The van der Waals surface area contributed by atoms with Gasteiger partial charge >= 0.3 is 0 Å². The van der Waals surface area contributed by atoms with Crippen LogP contribution >= 0.6 is 11.8 Å². The molecule has 1 heterocycles. The fourth-order valence-electron chi connectivity index (χ4n) is 3.79. The van der Waals surface area contributed by atoms with Crippen molar-refractivity contribution < 1.29 is 9.59 Å². The first-order valence-electron chi connectivity index (χ1n) is 11.0. The summed E-state index contributed by atoms with van der Waals surface area (Å²) in [7, 11) is 0. The molecule has 0 bridgehead atoms. The number of nitrogens with one attached hydrogen (secondary N) is 1. The average molecular weight is 468 g/mol. The SMILES string of the molecule is Cc1ccc(NC(=O)C(C#N)=C2SC(Cc3ccccc3C)C(=O)N2c2ccc(C)cc2)cc1. The average Bonchev–Trinajstić information content (AvgIpc) is 3.13. The van der Waals surface area contributed by atoms with Gasteiger partial charge in [-0.1, -0.05) is 71.4 Å². The van der Waals surface area contributed by atoms with Crippen LogP contribution in [0.3, 0.4) is 0 Å². The van der Waals surface area contributed by atoms with Crippen molar-refractivity contribution in [3.8, 4) is 6.07 Å². The van der Waals surface area contributed by atoms with Crippen molar-refractivity contribution in [2.24, 2.45) is 0 Å². The van der Waals surface area contributed by atoms with E-state index in [0.717, 1.165) is 22.3 Å². The Hall–Kier alpha value is -3.82. The van der Waals surface area contributed by atoms with Gasteiger partial charge in [0.25, 0.3) is 5.91 Å². The Bertz CT molecular complexity index is 1300. The highest BCUT2D eigenvalue weighted by Gasteiger charge is 2.41. The lowest BCUT2D eigenvalue weighted by atomic mass is 10.0. The van der Waals surface area contributed by atoms with Gasteiger partial charge in [0.15, 0.2) is 0 Å². The predicted molar refractivity (Wildman–Crippen MR) is 137 cm³/mol. The molecule has 3 aromatic rings. The van der Waals surface area contributed by atoms with Gasteiger partial charge in [0.2, 0.25) is 5.91 Å². The summed E-state index contributed by atoms with van der Waals surface area (Å²) in [5.74, 6) is -0.668. The number of nitriles is 1. The number of benzene rings is 3. The molecular formula is C28H25N3O2S. The van der Waals surface area contributed by atoms with Crippen molar-refractivity contribution in [3.63, 3.8) is 0 Å². The molecular weight excluding hydrogens is 442 g/mol. The van der Waals surface area contributed by atoms with E-state index in [4.69, 9.17) is 0 Å². The molecule has 6 heteroatoms. The minimum atomic E-state index is -0.532. The summed E-state index contributed by atoms with van der Waals surface area (Å²) in [6.07, 6.45) is 0.514. The molecule has 170 valence electrons. The molecule has 1 saturated heterocycles. The second-order valence-corrected chi connectivity index (χ2v) is 9.55. The van der Waals surface area contributed by atoms with Crippen molar-refractivity contribution in [3.05, 3.63) is 106 Å². The van der Waals surface area contributed by atoms with Crippen molar-refractivity contribution in [1.82, 2.24) is 0 Å². The molecule has 2 amide bonds. The Balaban J connectivity index is 1.73. The molecule has 1 fully saturated rings. The zero-order valence-corrected chi connectivity index (χ0v) is 20.1. The van der Waals surface area contributed by atoms with Crippen LogP contribution in [-0.4, -0.2) is 17.1 Å². The summed E-state index contributed by atoms with van der Waals surface area (Å²) >= 11 is 1.28. The number of thioether (sulfide) groups is 1. The molecule has 1 atom stereocenters. The van der Waals surface area contributed by atoms with Crippen LogP contribution in [0.1, 0.15) is 22.3 Å². The van der Waals surface area contributed by atoms with Gasteiger partial charge in [0.05, 0.1) is 5.25 Å². The Morgan fingerprint density at radius 1 is 0.971 bits per heavy atom. The second kappa shape index (κ2) is 9.98. The number of rotatable bonds is 5. The molecule has 0 aromatic heterocycles. The first kappa shape index (κ1) is 23.3. The predicted octanol–water partition coefficient (Wildman–Crippen LogP) is 5.68. The summed E-state index contributed by atoms with van der Waals surface area (Å²) < 4.78 is 0. The highest BCUT2D eigenvalue weighted by atomic mass is 32.2. The molecule has 4 rings (SSSR count). The fraction of sp³-hybridized carbons (Fsp3) is 0.179. The Morgan fingerprint density at radius 2 is 1.59 bits per heavy atom. The van der Waals surface area contributed by atoms with Crippen LogP contribution in [0, 0.1) is 32.1 Å². The number of hydrogen-bond acceptors (Lipinski definition) is 4. The van der Waals surface area contributed by atoms with E-state index in [-0.39, 0.29) is 11.5 Å². The second-order valence-electron chi connectivity index (χ2n) is 8.36. The molecule has 34 heavy (non-hydrogen) atoms. The van der Waals surface area contributed by atoms with Crippen LogP contribution in [0.2, 0.25) is 0 Å². The van der Waals surface area contributed by atoms with E-state index in [1.165, 1.54) is 16.7 Å². The van der Waals surface area contributed by atoms with E-state index < -0.39 is 11.2 Å². The standard InChI is InChI=1S/C28H25N3O2S/c1-18-8-12-22(13-9-18)30-26(32)24(17-29)28-31(23-14-10-19(2)11-15-23)27(33)25(34-28)16-21-7-5-4-6-20(21)3/h4-15,25H,16H2,1-3H3,(H,30,32). The van der Waals surface area contributed by atoms with Crippen molar-refractivity contribution in [1.29, 1.82) is 5.26 Å². The topological polar surface area (TPSA) is 73.2 Å². The maximum absolute atomic E-state index is 13.6. The fourth-order valence-corrected chi connectivity index (χ4v) is 5.08. The smallest absolute Gasteiger partial charge is 0.269 e. The summed E-state index contributed by atoms with van der Waals surface area (Å²) in [5.41, 5.74) is 5.46. The van der Waals surface area contributed by atoms with Crippen molar-refractivity contribution >= 4 is 35.0 Å². The minimum absolute atomic E-state index is 0.0771. The molecule has 1 N–H and O–H groups in total. The number of nitrogens with zero attached hydrogens (tertiary/aromatic N) is 2. The molecule has 1 unspecified atom stereocenters. The Morgan fingerprint density at radius 3 is 2.21 bits per heavy atom. The minimum Gasteiger partial charge on any atom is -0.321 e. The quantitative estimate of drug-likeness (QED) is 0.387. The van der Waals surface area contributed by atoms with E-state index in [2.05, 4.69) is 11.4 Å². The van der Waals surface area contributed by atoms with Crippen LogP contribution < -0.4 is 10.2 Å². The molecule has 0 spiro atoms. The van der Waals surface area contributed by atoms with Crippen LogP contribution in [0.4, 0.5) is 11.4 Å². The van der Waals surface area contributed by atoms with Crippen LogP contribution in [0.5, 0.6) is 0 Å². The molecule has 0 aliphatic carbocycles. The maximum Gasteiger partial charge on any atom is 0.269 e. The molecule has 5 nitrogen and oxygen atoms in total. The van der Waals surface area contributed by atoms with Gasteiger partial charge < -0.3 is 5.32 Å². The number of amides is 2. The highest BCUT2D eigenvalue weighted by molar-refractivity contribution is 8.05. The van der Waals surface area contributed by atoms with Gasteiger partial charge in [0.1, 0.15) is 16.7 Å². The van der Waals surface area contributed by atoms with Crippen molar-refractivity contribution in [2.75, 3.05) is 10.2 Å². The van der Waals surface area contributed by atoms with Crippen LogP contribution in [-0.2, 0) is 16.0 Å². The van der Waals surface area contributed by atoms with Crippen molar-refractivity contribution in [2.45, 2.75) is 32.4 Å². The number of aryl methyl sites for hydroxylation is 3. The molecule has 3 aromatic carbocycles. The Kier molecular flexibility index (Phi) is 6.85. The van der Waals surface area contributed by atoms with Gasteiger partial charge in [-0.05, 0) is 62.6 Å². The lowest BCUT2D eigenvalue weighted by molar-refractivity contribution is -0.117. The summed E-state index contributed by atoms with van der Waals surface area (Å²) in [6.45, 7) is 5.95. The lowest BCUT2D eigenvalue weighted by Gasteiger charge is -2.19. The third kappa shape index (κ3) is 4.90. The maximum atomic E-state index is 13.6. The number of anilines is 2. The van der Waals surface area contributed by atoms with Gasteiger partial charge in [-0.2, -0.15) is 5.26 Å². The lowest BCUT2D eigenvalue weighted by Crippen LogP contribution is -2.31. The number of hydrogen-bond donors (Lipinski definition) is 1. The largest absolute Gasteiger partial charge is 0.321 e. The van der Waals surface area contributed by atoms with Crippen LogP contribution in [0.15, 0.2) is 83.4 Å². The molecule has 0 radical (unpaired) electrons. The summed E-state index contributed by atoms with van der Waals surface area (Å²) in [6, 6.07) is 24.9. The molecule has 1 aliphatic rings. The number of carbonyl (C=O) groups is 2. The third-order valence-corrected chi connectivity index (χ3v) is 7.04. The zero-order valence-electron chi connectivity index (χ0n) is 19.3. The highest BCUT2D eigenvalue weighted by Crippen LogP contribution is 2.42. The van der Waals surface area contributed by atoms with Gasteiger partial charge in [0, 0.05) is 11.4 Å². The van der Waals surface area contributed by atoms with E-state index >= 15 is 0 Å². The van der Waals surface area contributed by atoms with E-state index in [1.807, 2.05) is 81.4 Å². The van der Waals surface area contributed by atoms with Crippen LogP contribution in [0.25, 0.3) is 0 Å². The zero-order chi connectivity index (χ0) is 24.2. The normalized spacial score (nSPS) is 16.8. The van der Waals surface area contributed by atoms with E-state index in [9.17, 15) is 14.9 Å². The van der Waals surface area contributed by atoms with Gasteiger partial charge in [-0.3, -0.25) is 14.5 Å².